The normalized spacial score (nSPS) is 25.6. The number of nitrogens with zero attached hydrogens (tertiary/aromatic N) is 12. The summed E-state index contributed by atoms with van der Waals surface area (Å²) >= 11 is 0. The number of halogens is 6. The van der Waals surface area contributed by atoms with Crippen molar-refractivity contribution >= 4 is 23.3 Å². The molecule has 71 heavy (non-hydrogen) atoms. The molecule has 2 aromatic carbocycles. The van der Waals surface area contributed by atoms with Crippen molar-refractivity contribution in [2.24, 2.45) is 23.7 Å². The number of anilines is 4. The third-order valence-electron chi connectivity index (χ3n) is 15.7. The van der Waals surface area contributed by atoms with E-state index < -0.39 is 46.7 Å². The molecule has 0 amide bonds. The van der Waals surface area contributed by atoms with Crippen molar-refractivity contribution in [1.82, 2.24) is 49.9 Å². The molecule has 21 heteroatoms. The Hall–Kier alpha value is -6.54. The lowest BCUT2D eigenvalue weighted by molar-refractivity contribution is 0.372. The van der Waals surface area contributed by atoms with E-state index in [1.165, 1.54) is 12.1 Å². The molecule has 6 aromatic rings. The van der Waals surface area contributed by atoms with Gasteiger partial charge in [0.25, 0.3) is 0 Å². The molecule has 4 fully saturated rings. The number of nitrogens with one attached hydrogen (secondary N) is 2. The van der Waals surface area contributed by atoms with Crippen LogP contribution in [0.2, 0.25) is 0 Å². The SMILES string of the molecule is COc1cc(N2C[C@H]3CC[C@@H](C2)C3Nc2nc3n(n2)CCCC[C@@H]3c2ccc(F)c(F)c2F)cnn1.Cc1cc(N2C[C@H]3CC[C@@H](C2)C3Nc2nc3n(n2)CCCC[C@@H]3c2ccc(F)c(F)c2F)cnn1. The topological polar surface area (TPSA) is 153 Å². The van der Waals surface area contributed by atoms with E-state index in [0.29, 0.717) is 79.0 Å². The highest BCUT2D eigenvalue weighted by atomic mass is 19.2. The van der Waals surface area contributed by atoms with Crippen LogP contribution in [0.5, 0.6) is 5.88 Å². The van der Waals surface area contributed by atoms with Gasteiger partial charge in [0, 0.05) is 80.4 Å². The molecule has 0 radical (unpaired) electrons. The van der Waals surface area contributed by atoms with Gasteiger partial charge in [0.15, 0.2) is 34.9 Å². The summed E-state index contributed by atoms with van der Waals surface area (Å²) in [5, 5.41) is 32.8. The number of benzene rings is 2. The molecule has 2 aliphatic carbocycles. The van der Waals surface area contributed by atoms with Crippen LogP contribution in [-0.4, -0.2) is 95.3 Å². The van der Waals surface area contributed by atoms with E-state index in [1.807, 2.05) is 23.9 Å². The maximum absolute atomic E-state index is 14.7. The fourth-order valence-corrected chi connectivity index (χ4v) is 12.2. The number of hydrogen-bond acceptors (Lipinski definition) is 13. The maximum atomic E-state index is 14.7. The quantitative estimate of drug-likeness (QED) is 0.105. The van der Waals surface area contributed by atoms with Gasteiger partial charge in [-0.3, -0.25) is 0 Å². The molecule has 12 rings (SSSR count). The van der Waals surface area contributed by atoms with Gasteiger partial charge in [-0.25, -0.2) is 35.7 Å². The summed E-state index contributed by atoms with van der Waals surface area (Å²) in [6, 6.07) is 9.10. The van der Waals surface area contributed by atoms with Crippen molar-refractivity contribution < 1.29 is 31.1 Å². The van der Waals surface area contributed by atoms with Crippen LogP contribution in [-0.2, 0) is 13.1 Å². The molecular weight excluding hydrogens is 927 g/mol. The first-order valence-electron chi connectivity index (χ1n) is 24.8. The predicted molar refractivity (Wildman–Crippen MR) is 251 cm³/mol. The Kier molecular flexibility index (Phi) is 12.9. The Morgan fingerprint density at radius 1 is 0.549 bits per heavy atom. The number of aryl methyl sites for hydroxylation is 3. The molecule has 8 atom stereocenters. The summed E-state index contributed by atoms with van der Waals surface area (Å²) in [5.41, 5.74) is 3.29. The Bertz CT molecular complexity index is 2870. The Morgan fingerprint density at radius 2 is 1.00 bits per heavy atom. The Balaban J connectivity index is 0.000000154. The van der Waals surface area contributed by atoms with Crippen molar-refractivity contribution in [3.8, 4) is 5.88 Å². The summed E-state index contributed by atoms with van der Waals surface area (Å²) in [4.78, 5) is 14.2. The zero-order valence-electron chi connectivity index (χ0n) is 39.6. The number of rotatable bonds is 9. The molecule has 374 valence electrons. The molecule has 2 N–H and O–H groups in total. The van der Waals surface area contributed by atoms with Crippen LogP contribution >= 0.6 is 0 Å². The van der Waals surface area contributed by atoms with Crippen LogP contribution in [0.3, 0.4) is 0 Å². The second-order valence-electron chi connectivity index (χ2n) is 20.0. The number of fused-ring (bicyclic) bond motifs is 6. The smallest absolute Gasteiger partial charge is 0.242 e. The molecule has 8 heterocycles. The summed E-state index contributed by atoms with van der Waals surface area (Å²) < 4.78 is 93.3. The van der Waals surface area contributed by atoms with Gasteiger partial charge in [0.2, 0.25) is 17.8 Å². The Labute approximate surface area is 406 Å². The van der Waals surface area contributed by atoms with Gasteiger partial charge in [-0.1, -0.05) is 25.0 Å². The van der Waals surface area contributed by atoms with E-state index in [-0.39, 0.29) is 23.2 Å². The molecule has 2 unspecified atom stereocenters. The first kappa shape index (κ1) is 46.8. The molecule has 0 spiro atoms. The predicted octanol–water partition coefficient (Wildman–Crippen LogP) is 8.57. The van der Waals surface area contributed by atoms with Crippen molar-refractivity contribution in [2.75, 3.05) is 53.7 Å². The fourth-order valence-electron chi connectivity index (χ4n) is 12.2. The van der Waals surface area contributed by atoms with Gasteiger partial charge in [0.05, 0.1) is 36.6 Å². The molecule has 4 aromatic heterocycles. The zero-order valence-corrected chi connectivity index (χ0v) is 39.6. The molecule has 6 aliphatic rings. The first-order valence-corrected chi connectivity index (χ1v) is 24.8. The van der Waals surface area contributed by atoms with Gasteiger partial charge in [-0.05, 0) is 100 Å². The summed E-state index contributed by atoms with van der Waals surface area (Å²) in [6.07, 6.45) is 12.7. The van der Waals surface area contributed by atoms with Crippen LogP contribution in [0.25, 0.3) is 0 Å². The summed E-state index contributed by atoms with van der Waals surface area (Å²) in [6.45, 7) is 6.89. The van der Waals surface area contributed by atoms with Crippen molar-refractivity contribution in [2.45, 2.75) is 108 Å². The van der Waals surface area contributed by atoms with Crippen molar-refractivity contribution in [3.63, 3.8) is 0 Å². The molecule has 4 bridgehead atoms. The third-order valence-corrected chi connectivity index (χ3v) is 15.7. The molecule has 2 saturated carbocycles. The number of ether oxygens (including phenoxy) is 1. The monoisotopic (exact) mass is 982 g/mol. The maximum Gasteiger partial charge on any atom is 0.242 e. The average Bonchev–Trinajstić information content (AvgIpc) is 3.99. The largest absolute Gasteiger partial charge is 0.480 e. The van der Waals surface area contributed by atoms with Crippen LogP contribution in [0, 0.1) is 65.5 Å². The zero-order chi connectivity index (χ0) is 48.9. The molecule has 2 saturated heterocycles. The third kappa shape index (κ3) is 9.20. The lowest BCUT2D eigenvalue weighted by atomic mass is 9.92. The number of aromatic nitrogens is 10. The average molecular weight is 983 g/mol. The molecular formula is C50H56F6N14O. The highest BCUT2D eigenvalue weighted by molar-refractivity contribution is 5.49. The minimum atomic E-state index is -1.44. The lowest BCUT2D eigenvalue weighted by Crippen LogP contribution is -2.48. The first-order chi connectivity index (χ1) is 34.5. The van der Waals surface area contributed by atoms with E-state index in [1.54, 1.807) is 18.0 Å². The minimum absolute atomic E-state index is 0.130. The van der Waals surface area contributed by atoms with Gasteiger partial charge in [0.1, 0.15) is 11.6 Å². The number of methoxy groups -OCH3 is 1. The Morgan fingerprint density at radius 3 is 1.45 bits per heavy atom. The van der Waals surface area contributed by atoms with Crippen molar-refractivity contribution in [3.05, 3.63) is 112 Å². The van der Waals surface area contributed by atoms with E-state index in [2.05, 4.69) is 46.9 Å². The lowest BCUT2D eigenvalue weighted by Gasteiger charge is -2.39. The highest BCUT2D eigenvalue weighted by Gasteiger charge is 2.45. The standard InChI is InChI=1S/C25H28F3N7O.C25H28F3N7/c1-36-20-10-16(11-29-32-20)34-12-14-5-6-15(13-34)23(14)30-25-31-24-18(4-2-3-9-35(24)33-25)17-7-8-19(26)22(28)21(17)27;1-14-10-17(11-29-32-14)34-12-15-5-6-16(13-34)23(15)30-25-31-24-19(4-2-3-9-35(24)33-25)18-7-8-20(26)22(28)21(18)27/h7-8,10-11,14-15,18,23H,2-6,9,12-13H2,1H3,(H,30,33);7-8,10-11,15-16,19,23H,2-6,9,12-13H2,1H3,(H,30,33)/t14-,15+,18-,23?;15-,16+,19-,23?/m11/s1. The van der Waals surface area contributed by atoms with Gasteiger partial charge in [-0.2, -0.15) is 25.3 Å². The van der Waals surface area contributed by atoms with Gasteiger partial charge < -0.3 is 25.2 Å². The van der Waals surface area contributed by atoms with Crippen LogP contribution < -0.4 is 25.2 Å². The van der Waals surface area contributed by atoms with Crippen LogP contribution in [0.1, 0.15) is 105 Å². The summed E-state index contributed by atoms with van der Waals surface area (Å²) in [7, 11) is 1.58. The van der Waals surface area contributed by atoms with Gasteiger partial charge in [-0.15, -0.1) is 15.3 Å². The van der Waals surface area contributed by atoms with E-state index in [9.17, 15) is 26.3 Å². The minimum Gasteiger partial charge on any atom is -0.480 e. The van der Waals surface area contributed by atoms with Crippen LogP contribution in [0.15, 0.2) is 48.8 Å². The number of hydrogen-bond donors (Lipinski definition) is 2. The fraction of sp³-hybridized carbons (Fsp3) is 0.520. The molecule has 4 aliphatic heterocycles. The van der Waals surface area contributed by atoms with Crippen molar-refractivity contribution in [1.29, 1.82) is 0 Å². The van der Waals surface area contributed by atoms with Crippen LogP contribution in [0.4, 0.5) is 49.6 Å². The van der Waals surface area contributed by atoms with E-state index in [0.717, 1.165) is 107 Å². The molecule has 15 nitrogen and oxygen atoms in total. The second-order valence-corrected chi connectivity index (χ2v) is 20.0. The number of piperidine rings is 2. The highest BCUT2D eigenvalue weighted by Crippen LogP contribution is 2.43. The van der Waals surface area contributed by atoms with E-state index in [4.69, 9.17) is 24.9 Å². The second kappa shape index (κ2) is 19.6. The summed E-state index contributed by atoms with van der Waals surface area (Å²) in [5.74, 6) is -3.97. The van der Waals surface area contributed by atoms with E-state index >= 15 is 0 Å². The van der Waals surface area contributed by atoms with Gasteiger partial charge >= 0.3 is 0 Å².